The van der Waals surface area contributed by atoms with Gasteiger partial charge in [-0.1, -0.05) is 18.3 Å². The molecule has 1 aliphatic rings. The van der Waals surface area contributed by atoms with Gasteiger partial charge in [0.2, 0.25) is 0 Å². The third-order valence-corrected chi connectivity index (χ3v) is 5.18. The van der Waals surface area contributed by atoms with Gasteiger partial charge < -0.3 is 31.0 Å². The zero-order chi connectivity index (χ0) is 24.5. The monoisotopic (exact) mass is 465 g/mol. The number of benzene rings is 1. The van der Waals surface area contributed by atoms with E-state index in [-0.39, 0.29) is 18.9 Å². The van der Waals surface area contributed by atoms with E-state index in [0.29, 0.717) is 22.0 Å². The lowest BCUT2D eigenvalue weighted by Gasteiger charge is -2.34. The molecule has 0 fully saturated rings. The van der Waals surface area contributed by atoms with Crippen molar-refractivity contribution in [2.45, 2.75) is 90.2 Å². The van der Waals surface area contributed by atoms with E-state index in [2.05, 4.69) is 5.32 Å². The Bertz CT molecular complexity index is 891. The van der Waals surface area contributed by atoms with Crippen LogP contribution in [0.1, 0.15) is 66.9 Å². The van der Waals surface area contributed by atoms with E-state index >= 15 is 0 Å². The van der Waals surface area contributed by atoms with Crippen LogP contribution in [0.5, 0.6) is 5.75 Å². The second kappa shape index (κ2) is 9.33. The molecule has 0 saturated carbocycles. The third-order valence-electron chi connectivity index (χ3n) is 4.75. The number of nitrogens with two attached hydrogens (primary N) is 2. The van der Waals surface area contributed by atoms with Crippen LogP contribution in [0.4, 0.5) is 5.69 Å². The standard InChI is InChI=1S/C23H35N3O5S/c1-13-18(32)26-16-12-14(8-9-17(16)29-13)23(25,20(28)31-22(5,6)7)11-10-15(24)19(27)30-21(2,3)4/h8-9,12-13,15H,10-11,24-25H2,1-7H3,(H,26,32). The van der Waals surface area contributed by atoms with Gasteiger partial charge >= 0.3 is 11.9 Å². The average molecular weight is 466 g/mol. The zero-order valence-corrected chi connectivity index (χ0v) is 20.7. The summed E-state index contributed by atoms with van der Waals surface area (Å²) in [6.45, 7) is 12.4. The fourth-order valence-corrected chi connectivity index (χ4v) is 3.26. The Morgan fingerprint density at radius 3 is 2.31 bits per heavy atom. The summed E-state index contributed by atoms with van der Waals surface area (Å²) in [7, 11) is 0. The molecule has 1 aliphatic heterocycles. The number of rotatable bonds is 6. The number of anilines is 1. The summed E-state index contributed by atoms with van der Waals surface area (Å²) in [5.74, 6) is -0.565. The molecule has 0 radical (unpaired) electrons. The van der Waals surface area contributed by atoms with E-state index in [4.69, 9.17) is 37.9 Å². The Morgan fingerprint density at radius 1 is 1.16 bits per heavy atom. The molecule has 2 rings (SSSR count). The predicted octanol–water partition coefficient (Wildman–Crippen LogP) is 3.15. The SMILES string of the molecule is CC1Oc2ccc(C(N)(CCC(N)C(=O)OC(C)(C)C)C(=O)OC(C)(C)C)cc2NC1=S. The van der Waals surface area contributed by atoms with Crippen LogP contribution >= 0.6 is 12.2 Å². The Kier molecular flexibility index (Phi) is 7.59. The summed E-state index contributed by atoms with van der Waals surface area (Å²) in [5, 5.41) is 3.12. The fraction of sp³-hybridized carbons (Fsp3) is 0.609. The van der Waals surface area contributed by atoms with Crippen LogP contribution in [0.15, 0.2) is 18.2 Å². The molecule has 0 bridgehead atoms. The number of nitrogens with one attached hydrogen (secondary N) is 1. The number of thiocarbonyl (C=S) groups is 1. The van der Waals surface area contributed by atoms with Crippen LogP contribution < -0.4 is 21.5 Å². The lowest BCUT2D eigenvalue weighted by molar-refractivity contribution is -0.164. The van der Waals surface area contributed by atoms with Gasteiger partial charge in [-0.05, 0) is 79.0 Å². The van der Waals surface area contributed by atoms with Gasteiger partial charge in [0.05, 0.1) is 5.69 Å². The van der Waals surface area contributed by atoms with E-state index in [1.54, 1.807) is 59.7 Å². The number of ether oxygens (including phenoxy) is 3. The molecule has 0 saturated heterocycles. The summed E-state index contributed by atoms with van der Waals surface area (Å²) < 4.78 is 16.7. The van der Waals surface area contributed by atoms with Crippen LogP contribution in [0.2, 0.25) is 0 Å². The maximum absolute atomic E-state index is 13.2. The first kappa shape index (κ1) is 26.0. The van der Waals surface area contributed by atoms with Crippen LogP contribution in [0, 0.1) is 0 Å². The van der Waals surface area contributed by atoms with Gasteiger partial charge in [0.1, 0.15) is 39.6 Å². The predicted molar refractivity (Wildman–Crippen MR) is 128 cm³/mol. The van der Waals surface area contributed by atoms with Gasteiger partial charge in [-0.25, -0.2) is 4.79 Å². The lowest BCUT2D eigenvalue weighted by atomic mass is 9.84. The summed E-state index contributed by atoms with van der Waals surface area (Å²) in [5.41, 5.74) is 10.9. The number of hydrogen-bond acceptors (Lipinski definition) is 8. The summed E-state index contributed by atoms with van der Waals surface area (Å²) in [4.78, 5) is 26.0. The first-order chi connectivity index (χ1) is 14.5. The Morgan fingerprint density at radius 2 is 1.75 bits per heavy atom. The van der Waals surface area contributed by atoms with Crippen molar-refractivity contribution in [1.82, 2.24) is 0 Å². The zero-order valence-electron chi connectivity index (χ0n) is 19.9. The topological polar surface area (TPSA) is 126 Å². The van der Waals surface area contributed by atoms with Crippen molar-refractivity contribution in [3.05, 3.63) is 23.8 Å². The minimum Gasteiger partial charge on any atom is -0.481 e. The van der Waals surface area contributed by atoms with Crippen molar-refractivity contribution in [1.29, 1.82) is 0 Å². The number of esters is 2. The minimum atomic E-state index is -1.55. The van der Waals surface area contributed by atoms with Gasteiger partial charge in [0.25, 0.3) is 0 Å². The highest BCUT2D eigenvalue weighted by Crippen LogP contribution is 2.36. The highest BCUT2D eigenvalue weighted by Gasteiger charge is 2.41. The van der Waals surface area contributed by atoms with Gasteiger partial charge in [-0.3, -0.25) is 4.79 Å². The quantitative estimate of drug-likeness (QED) is 0.429. The largest absolute Gasteiger partial charge is 0.481 e. The third kappa shape index (κ3) is 6.63. The van der Waals surface area contributed by atoms with E-state index in [0.717, 1.165) is 0 Å². The summed E-state index contributed by atoms with van der Waals surface area (Å²) in [6.07, 6.45) is -0.0621. The van der Waals surface area contributed by atoms with Gasteiger partial charge in [0, 0.05) is 0 Å². The van der Waals surface area contributed by atoms with Crippen molar-refractivity contribution in [3.63, 3.8) is 0 Å². The molecule has 3 atom stereocenters. The van der Waals surface area contributed by atoms with E-state index < -0.39 is 34.7 Å². The molecule has 5 N–H and O–H groups in total. The minimum absolute atomic E-state index is 0.0722. The van der Waals surface area contributed by atoms with E-state index in [9.17, 15) is 9.59 Å². The van der Waals surface area contributed by atoms with Crippen LogP contribution in [-0.4, -0.2) is 40.3 Å². The maximum atomic E-state index is 13.2. The first-order valence-electron chi connectivity index (χ1n) is 10.6. The van der Waals surface area contributed by atoms with Crippen molar-refractivity contribution in [3.8, 4) is 5.75 Å². The van der Waals surface area contributed by atoms with Gasteiger partial charge in [-0.2, -0.15) is 0 Å². The molecule has 0 amide bonds. The maximum Gasteiger partial charge on any atom is 0.331 e. The molecule has 0 spiro atoms. The van der Waals surface area contributed by atoms with E-state index in [1.807, 2.05) is 6.92 Å². The fourth-order valence-electron chi connectivity index (χ4n) is 3.10. The average Bonchev–Trinajstić information content (AvgIpc) is 2.63. The Hall–Kier alpha value is -2.23. The smallest absolute Gasteiger partial charge is 0.331 e. The molecule has 9 heteroatoms. The second-order valence-electron chi connectivity index (χ2n) is 10.1. The molecule has 0 aliphatic carbocycles. The molecule has 8 nitrogen and oxygen atoms in total. The number of fused-ring (bicyclic) bond motifs is 1. The highest BCUT2D eigenvalue weighted by molar-refractivity contribution is 7.80. The lowest BCUT2D eigenvalue weighted by Crippen LogP contribution is -2.50. The number of hydrogen-bond donors (Lipinski definition) is 3. The molecule has 32 heavy (non-hydrogen) atoms. The summed E-state index contributed by atoms with van der Waals surface area (Å²) >= 11 is 5.29. The Labute approximate surface area is 195 Å². The molecule has 1 aromatic rings. The molecule has 0 aromatic heterocycles. The van der Waals surface area contributed by atoms with Crippen LogP contribution in [0.25, 0.3) is 0 Å². The van der Waals surface area contributed by atoms with Crippen molar-refractivity contribution in [2.75, 3.05) is 5.32 Å². The van der Waals surface area contributed by atoms with Gasteiger partial charge in [-0.15, -0.1) is 0 Å². The number of carbonyl (C=O) groups excluding carboxylic acids is 2. The molecule has 1 aromatic carbocycles. The van der Waals surface area contributed by atoms with E-state index in [1.165, 1.54) is 0 Å². The highest BCUT2D eigenvalue weighted by atomic mass is 32.1. The molecular weight excluding hydrogens is 430 g/mol. The first-order valence-corrected chi connectivity index (χ1v) is 11.1. The molecule has 1 heterocycles. The molecular formula is C23H35N3O5S. The molecule has 3 unspecified atom stereocenters. The van der Waals surface area contributed by atoms with Crippen molar-refractivity contribution < 1.29 is 23.8 Å². The van der Waals surface area contributed by atoms with Crippen LogP contribution in [-0.2, 0) is 24.6 Å². The second-order valence-corrected chi connectivity index (χ2v) is 10.6. The van der Waals surface area contributed by atoms with Crippen molar-refractivity contribution >= 4 is 34.8 Å². The van der Waals surface area contributed by atoms with Crippen molar-refractivity contribution in [2.24, 2.45) is 11.5 Å². The summed E-state index contributed by atoms with van der Waals surface area (Å²) in [6, 6.07) is 4.23. The van der Waals surface area contributed by atoms with Crippen LogP contribution in [0.3, 0.4) is 0 Å². The normalized spacial score (nSPS) is 19.0. The Balaban J connectivity index is 2.34. The van der Waals surface area contributed by atoms with Gasteiger partial charge in [0.15, 0.2) is 0 Å². The molecule has 178 valence electrons. The number of carbonyl (C=O) groups is 2.